The van der Waals surface area contributed by atoms with Gasteiger partial charge >= 0.3 is 6.03 Å². The number of anilines is 1. The quantitative estimate of drug-likeness (QED) is 0.873. The predicted molar refractivity (Wildman–Crippen MR) is 94.2 cm³/mol. The minimum Gasteiger partial charge on any atom is -0.352 e. The van der Waals surface area contributed by atoms with Gasteiger partial charge in [0, 0.05) is 25.0 Å². The van der Waals surface area contributed by atoms with Gasteiger partial charge in [-0.1, -0.05) is 29.8 Å². The number of aromatic nitrogens is 1. The molecule has 7 heteroatoms. The summed E-state index contributed by atoms with van der Waals surface area (Å²) in [6, 6.07) is 7.93. The van der Waals surface area contributed by atoms with Gasteiger partial charge in [-0.2, -0.15) is 0 Å². The fraction of sp³-hybridized carbons (Fsp3) is 0.353. The van der Waals surface area contributed by atoms with Crippen LogP contribution in [0.15, 0.2) is 29.6 Å². The van der Waals surface area contributed by atoms with Gasteiger partial charge in [-0.25, -0.2) is 9.78 Å². The van der Waals surface area contributed by atoms with Gasteiger partial charge in [0.1, 0.15) is 0 Å². The molecule has 0 atom stereocenters. The molecule has 126 valence electrons. The van der Waals surface area contributed by atoms with Crippen LogP contribution in [0.2, 0.25) is 0 Å². The lowest BCUT2D eigenvalue weighted by molar-refractivity contribution is -0.120. The normalized spacial score (nSPS) is 14.4. The molecule has 1 aromatic heterocycles. The van der Waals surface area contributed by atoms with Gasteiger partial charge in [0.2, 0.25) is 5.91 Å². The van der Waals surface area contributed by atoms with E-state index in [9.17, 15) is 9.59 Å². The van der Waals surface area contributed by atoms with Crippen molar-refractivity contribution in [2.24, 2.45) is 0 Å². The summed E-state index contributed by atoms with van der Waals surface area (Å²) in [6.45, 7) is 3.90. The summed E-state index contributed by atoms with van der Waals surface area (Å²) in [4.78, 5) is 29.9. The van der Waals surface area contributed by atoms with Crippen LogP contribution in [0.3, 0.4) is 0 Å². The summed E-state index contributed by atoms with van der Waals surface area (Å²) in [5.74, 6) is -0.0727. The minimum atomic E-state index is -0.119. The van der Waals surface area contributed by atoms with Crippen molar-refractivity contribution in [1.29, 1.82) is 0 Å². The molecular weight excluding hydrogens is 324 g/mol. The summed E-state index contributed by atoms with van der Waals surface area (Å²) in [6.07, 6.45) is 1.12. The molecule has 1 fully saturated rings. The molecule has 0 saturated carbocycles. The third-order valence-corrected chi connectivity index (χ3v) is 4.68. The topological polar surface area (TPSA) is 74.3 Å². The van der Waals surface area contributed by atoms with E-state index >= 15 is 0 Å². The number of hydrogen-bond acceptors (Lipinski definition) is 4. The number of thiazole rings is 1. The molecule has 0 radical (unpaired) electrons. The molecule has 1 aliphatic heterocycles. The average molecular weight is 344 g/mol. The molecule has 1 aliphatic rings. The number of nitrogens with one attached hydrogen (secondary N) is 2. The SMILES string of the molecule is Cc1cccc(CNC(=O)Cc2csc(N3CCCNC3=O)n2)c1. The Balaban J connectivity index is 1.54. The lowest BCUT2D eigenvalue weighted by Gasteiger charge is -2.24. The lowest BCUT2D eigenvalue weighted by Crippen LogP contribution is -2.46. The van der Waals surface area contributed by atoms with E-state index in [0.717, 1.165) is 12.0 Å². The number of nitrogens with zero attached hydrogens (tertiary/aromatic N) is 2. The Labute approximate surface area is 144 Å². The van der Waals surface area contributed by atoms with E-state index < -0.39 is 0 Å². The molecular formula is C17H20N4O2S. The van der Waals surface area contributed by atoms with E-state index in [1.807, 2.05) is 30.5 Å². The zero-order valence-electron chi connectivity index (χ0n) is 13.5. The monoisotopic (exact) mass is 344 g/mol. The van der Waals surface area contributed by atoms with Crippen LogP contribution in [-0.2, 0) is 17.8 Å². The fourth-order valence-corrected chi connectivity index (χ4v) is 3.41. The molecule has 24 heavy (non-hydrogen) atoms. The van der Waals surface area contributed by atoms with Gasteiger partial charge in [-0.05, 0) is 18.9 Å². The van der Waals surface area contributed by atoms with Gasteiger partial charge in [0.15, 0.2) is 5.13 Å². The maximum atomic E-state index is 12.1. The number of rotatable bonds is 5. The molecule has 3 rings (SSSR count). The number of hydrogen-bond donors (Lipinski definition) is 2. The molecule has 3 amide bonds. The second-order valence-corrected chi connectivity index (χ2v) is 6.64. The largest absolute Gasteiger partial charge is 0.352 e. The highest BCUT2D eigenvalue weighted by Crippen LogP contribution is 2.22. The maximum absolute atomic E-state index is 12.1. The second kappa shape index (κ2) is 7.44. The number of amides is 3. The molecule has 0 bridgehead atoms. The van der Waals surface area contributed by atoms with E-state index in [1.165, 1.54) is 16.9 Å². The Morgan fingerprint density at radius 1 is 1.46 bits per heavy atom. The molecule has 0 aliphatic carbocycles. The third-order valence-electron chi connectivity index (χ3n) is 3.76. The van der Waals surface area contributed by atoms with E-state index in [4.69, 9.17) is 0 Å². The zero-order chi connectivity index (χ0) is 16.9. The van der Waals surface area contributed by atoms with Crippen LogP contribution in [0, 0.1) is 6.92 Å². The summed E-state index contributed by atoms with van der Waals surface area (Å²) < 4.78 is 0. The van der Waals surface area contributed by atoms with Gasteiger partial charge in [0.05, 0.1) is 12.1 Å². The van der Waals surface area contributed by atoms with E-state index in [-0.39, 0.29) is 18.4 Å². The Morgan fingerprint density at radius 2 is 2.33 bits per heavy atom. The number of carbonyl (C=O) groups is 2. The van der Waals surface area contributed by atoms with Crippen molar-refractivity contribution in [1.82, 2.24) is 15.6 Å². The summed E-state index contributed by atoms with van der Waals surface area (Å²) in [7, 11) is 0. The summed E-state index contributed by atoms with van der Waals surface area (Å²) in [5, 5.41) is 8.19. The Bertz CT molecular complexity index is 744. The predicted octanol–water partition coefficient (Wildman–Crippen LogP) is 2.23. The van der Waals surface area contributed by atoms with Crippen molar-refractivity contribution >= 4 is 28.4 Å². The smallest absolute Gasteiger partial charge is 0.323 e. The molecule has 2 aromatic rings. The molecule has 1 aromatic carbocycles. The Morgan fingerprint density at radius 3 is 3.12 bits per heavy atom. The van der Waals surface area contributed by atoms with E-state index in [2.05, 4.69) is 21.7 Å². The van der Waals surface area contributed by atoms with Crippen LogP contribution in [0.25, 0.3) is 0 Å². The van der Waals surface area contributed by atoms with Gasteiger partial charge < -0.3 is 10.6 Å². The number of urea groups is 1. The van der Waals surface area contributed by atoms with Crippen LogP contribution in [0.5, 0.6) is 0 Å². The first kappa shape index (κ1) is 16.4. The van der Waals surface area contributed by atoms with Crippen LogP contribution >= 0.6 is 11.3 Å². The van der Waals surface area contributed by atoms with Crippen LogP contribution in [0.4, 0.5) is 9.93 Å². The van der Waals surface area contributed by atoms with Crippen molar-refractivity contribution in [3.63, 3.8) is 0 Å². The second-order valence-electron chi connectivity index (χ2n) is 5.80. The highest BCUT2D eigenvalue weighted by Gasteiger charge is 2.22. The average Bonchev–Trinajstić information content (AvgIpc) is 3.02. The minimum absolute atomic E-state index is 0.0727. The number of aryl methyl sites for hydroxylation is 1. The molecule has 0 spiro atoms. The Hall–Kier alpha value is -2.41. The van der Waals surface area contributed by atoms with Crippen molar-refractivity contribution in [2.75, 3.05) is 18.0 Å². The lowest BCUT2D eigenvalue weighted by atomic mass is 10.1. The molecule has 2 N–H and O–H groups in total. The number of benzene rings is 1. The maximum Gasteiger partial charge on any atom is 0.323 e. The van der Waals surface area contributed by atoms with Crippen LogP contribution in [0.1, 0.15) is 23.2 Å². The highest BCUT2D eigenvalue weighted by atomic mass is 32.1. The summed E-state index contributed by atoms with van der Waals surface area (Å²) in [5.41, 5.74) is 2.94. The van der Waals surface area contributed by atoms with Crippen LogP contribution in [-0.4, -0.2) is 30.0 Å². The van der Waals surface area contributed by atoms with Crippen molar-refractivity contribution in [3.05, 3.63) is 46.5 Å². The van der Waals surface area contributed by atoms with Gasteiger partial charge in [0.25, 0.3) is 0 Å². The zero-order valence-corrected chi connectivity index (χ0v) is 14.4. The van der Waals surface area contributed by atoms with Crippen molar-refractivity contribution < 1.29 is 9.59 Å². The van der Waals surface area contributed by atoms with E-state index in [0.29, 0.717) is 30.5 Å². The van der Waals surface area contributed by atoms with Crippen molar-refractivity contribution in [3.8, 4) is 0 Å². The van der Waals surface area contributed by atoms with Gasteiger partial charge in [-0.3, -0.25) is 9.69 Å². The van der Waals surface area contributed by atoms with Crippen LogP contribution < -0.4 is 15.5 Å². The van der Waals surface area contributed by atoms with Crippen molar-refractivity contribution in [2.45, 2.75) is 26.3 Å². The highest BCUT2D eigenvalue weighted by molar-refractivity contribution is 7.14. The first-order valence-electron chi connectivity index (χ1n) is 7.94. The Kier molecular flexibility index (Phi) is 5.10. The summed E-state index contributed by atoms with van der Waals surface area (Å²) >= 11 is 1.39. The fourth-order valence-electron chi connectivity index (χ4n) is 2.56. The molecule has 6 nitrogen and oxygen atoms in total. The molecule has 2 heterocycles. The third kappa shape index (κ3) is 4.11. The molecule has 0 unspecified atom stereocenters. The van der Waals surface area contributed by atoms with E-state index in [1.54, 1.807) is 4.90 Å². The first-order chi connectivity index (χ1) is 11.6. The standard InChI is InChI=1S/C17H20N4O2S/c1-12-4-2-5-13(8-12)10-19-15(22)9-14-11-24-17(20-14)21-7-3-6-18-16(21)23/h2,4-5,8,11H,3,6-7,9-10H2,1H3,(H,18,23)(H,19,22). The van der Waals surface area contributed by atoms with Gasteiger partial charge in [-0.15, -0.1) is 11.3 Å². The first-order valence-corrected chi connectivity index (χ1v) is 8.82. The molecule has 1 saturated heterocycles. The number of carbonyl (C=O) groups excluding carboxylic acids is 2.